The largest absolute Gasteiger partial charge is 0.332 e. The Kier molecular flexibility index (Phi) is 3.01. The lowest BCUT2D eigenvalue weighted by atomic mass is 10.1. The molecule has 94 valence electrons. The second-order valence-electron chi connectivity index (χ2n) is 4.28. The van der Waals surface area contributed by atoms with E-state index in [0.717, 1.165) is 10.8 Å². The summed E-state index contributed by atoms with van der Waals surface area (Å²) in [5.41, 5.74) is 1.48. The van der Waals surface area contributed by atoms with E-state index in [1.165, 1.54) is 29.0 Å². The molecular weight excluding hydrogens is 256 g/mol. The number of fused-ring (bicyclic) bond motifs is 1. The Hall–Kier alpha value is -2.20. The van der Waals surface area contributed by atoms with E-state index in [0.29, 0.717) is 5.69 Å². The number of Topliss-reactive ketones (excluding diaryl/α,β-unsaturated/α-hetero) is 1. The maximum Gasteiger partial charge on any atom is 0.187 e. The third kappa shape index (κ3) is 2.48. The number of rotatable bonds is 3. The van der Waals surface area contributed by atoms with Crippen LogP contribution >= 0.6 is 11.3 Å². The molecule has 1 N–H and O–H groups in total. The summed E-state index contributed by atoms with van der Waals surface area (Å²) in [6.45, 7) is 1.52. The van der Waals surface area contributed by atoms with Gasteiger partial charge in [0.1, 0.15) is 5.69 Å². The van der Waals surface area contributed by atoms with Gasteiger partial charge in [-0.15, -0.1) is 11.3 Å². The molecule has 0 amide bonds. The highest BCUT2D eigenvalue weighted by molar-refractivity contribution is 7.14. The molecule has 3 nitrogen and oxygen atoms in total. The van der Waals surface area contributed by atoms with Crippen molar-refractivity contribution in [3.63, 3.8) is 0 Å². The minimum absolute atomic E-state index is 0.0113. The SMILES string of the molecule is CC(=O)c1csc(Nc2ccc3ccccc3c2)n1. The van der Waals surface area contributed by atoms with Crippen LogP contribution in [0.4, 0.5) is 10.8 Å². The Labute approximate surface area is 114 Å². The second-order valence-corrected chi connectivity index (χ2v) is 5.14. The van der Waals surface area contributed by atoms with Crippen LogP contribution in [0.15, 0.2) is 47.8 Å². The number of anilines is 2. The molecule has 0 radical (unpaired) electrons. The van der Waals surface area contributed by atoms with Gasteiger partial charge in [-0.1, -0.05) is 30.3 Å². The lowest BCUT2D eigenvalue weighted by Gasteiger charge is -2.04. The van der Waals surface area contributed by atoms with E-state index in [1.807, 2.05) is 18.2 Å². The van der Waals surface area contributed by atoms with E-state index in [-0.39, 0.29) is 5.78 Å². The standard InChI is InChI=1S/C15H12N2OS/c1-10(18)14-9-19-15(17-14)16-13-7-6-11-4-2-3-5-12(11)8-13/h2-9H,1H3,(H,16,17). The number of thiazole rings is 1. The molecule has 0 aliphatic heterocycles. The first-order chi connectivity index (χ1) is 9.22. The number of aromatic nitrogens is 1. The Balaban J connectivity index is 1.89. The predicted octanol–water partition coefficient (Wildman–Crippen LogP) is 4.24. The third-order valence-electron chi connectivity index (χ3n) is 2.87. The Morgan fingerprint density at radius 1 is 1.16 bits per heavy atom. The number of carbonyl (C=O) groups is 1. The highest BCUT2D eigenvalue weighted by Gasteiger charge is 2.06. The van der Waals surface area contributed by atoms with Crippen LogP contribution in [0.2, 0.25) is 0 Å². The van der Waals surface area contributed by atoms with E-state index in [2.05, 4.69) is 34.6 Å². The van der Waals surface area contributed by atoms with E-state index < -0.39 is 0 Å². The number of hydrogen-bond acceptors (Lipinski definition) is 4. The predicted molar refractivity (Wildman–Crippen MR) is 79.3 cm³/mol. The quantitative estimate of drug-likeness (QED) is 0.722. The molecule has 1 heterocycles. The summed E-state index contributed by atoms with van der Waals surface area (Å²) in [7, 11) is 0. The van der Waals surface area contributed by atoms with Gasteiger partial charge in [0.15, 0.2) is 10.9 Å². The van der Waals surface area contributed by atoms with E-state index in [1.54, 1.807) is 5.38 Å². The minimum Gasteiger partial charge on any atom is -0.332 e. The van der Waals surface area contributed by atoms with Gasteiger partial charge in [0.2, 0.25) is 0 Å². The molecule has 0 atom stereocenters. The van der Waals surface area contributed by atoms with Crippen LogP contribution in [-0.2, 0) is 0 Å². The zero-order valence-electron chi connectivity index (χ0n) is 10.4. The number of hydrogen-bond donors (Lipinski definition) is 1. The van der Waals surface area contributed by atoms with Gasteiger partial charge in [0.05, 0.1) is 0 Å². The van der Waals surface area contributed by atoms with Crippen molar-refractivity contribution in [2.24, 2.45) is 0 Å². The Bertz CT molecular complexity index is 748. The van der Waals surface area contributed by atoms with Gasteiger partial charge < -0.3 is 5.32 Å². The number of nitrogens with one attached hydrogen (secondary N) is 1. The fourth-order valence-electron chi connectivity index (χ4n) is 1.88. The average molecular weight is 268 g/mol. The maximum absolute atomic E-state index is 11.2. The summed E-state index contributed by atoms with van der Waals surface area (Å²) in [6, 6.07) is 14.3. The first kappa shape index (κ1) is 11.9. The molecule has 0 aliphatic rings. The first-order valence-corrected chi connectivity index (χ1v) is 6.82. The average Bonchev–Trinajstić information content (AvgIpc) is 2.87. The van der Waals surface area contributed by atoms with Gasteiger partial charge in [-0.05, 0) is 22.9 Å². The van der Waals surface area contributed by atoms with Gasteiger partial charge >= 0.3 is 0 Å². The van der Waals surface area contributed by atoms with Gasteiger partial charge in [0, 0.05) is 18.0 Å². The number of ketones is 1. The van der Waals surface area contributed by atoms with Gasteiger partial charge in [0.25, 0.3) is 0 Å². The van der Waals surface area contributed by atoms with Crippen molar-refractivity contribution in [2.45, 2.75) is 6.92 Å². The van der Waals surface area contributed by atoms with Crippen LogP contribution in [0.25, 0.3) is 10.8 Å². The van der Waals surface area contributed by atoms with Crippen molar-refractivity contribution in [1.29, 1.82) is 0 Å². The Morgan fingerprint density at radius 3 is 2.68 bits per heavy atom. The Morgan fingerprint density at radius 2 is 1.95 bits per heavy atom. The molecule has 0 aliphatic carbocycles. The first-order valence-electron chi connectivity index (χ1n) is 5.95. The second kappa shape index (κ2) is 4.82. The molecule has 19 heavy (non-hydrogen) atoms. The summed E-state index contributed by atoms with van der Waals surface area (Å²) < 4.78 is 0. The molecule has 3 aromatic rings. The van der Waals surface area contributed by atoms with Crippen LogP contribution in [0.5, 0.6) is 0 Å². The van der Waals surface area contributed by atoms with Gasteiger partial charge in [-0.2, -0.15) is 0 Å². The fraction of sp³-hybridized carbons (Fsp3) is 0.0667. The van der Waals surface area contributed by atoms with Crippen LogP contribution in [0.1, 0.15) is 17.4 Å². The zero-order valence-corrected chi connectivity index (χ0v) is 11.2. The lowest BCUT2D eigenvalue weighted by Crippen LogP contribution is -1.94. The summed E-state index contributed by atoms with van der Waals surface area (Å²) >= 11 is 1.44. The topological polar surface area (TPSA) is 42.0 Å². The normalized spacial score (nSPS) is 10.6. The maximum atomic E-state index is 11.2. The zero-order chi connectivity index (χ0) is 13.2. The highest BCUT2D eigenvalue weighted by Crippen LogP contribution is 2.24. The number of benzene rings is 2. The van der Waals surface area contributed by atoms with E-state index >= 15 is 0 Å². The van der Waals surface area contributed by atoms with Crippen molar-refractivity contribution in [3.05, 3.63) is 53.5 Å². The molecule has 1 aromatic heterocycles. The summed E-state index contributed by atoms with van der Waals surface area (Å²) in [5.74, 6) is -0.0113. The van der Waals surface area contributed by atoms with Crippen molar-refractivity contribution >= 4 is 38.7 Å². The highest BCUT2D eigenvalue weighted by atomic mass is 32.1. The van der Waals surface area contributed by atoms with E-state index in [9.17, 15) is 4.79 Å². The minimum atomic E-state index is -0.0113. The van der Waals surface area contributed by atoms with Crippen LogP contribution in [-0.4, -0.2) is 10.8 Å². The molecular formula is C15H12N2OS. The van der Waals surface area contributed by atoms with Crippen LogP contribution in [0.3, 0.4) is 0 Å². The molecule has 0 fully saturated rings. The molecule has 3 rings (SSSR count). The van der Waals surface area contributed by atoms with Crippen molar-refractivity contribution in [2.75, 3.05) is 5.32 Å². The molecule has 2 aromatic carbocycles. The van der Waals surface area contributed by atoms with Crippen LogP contribution < -0.4 is 5.32 Å². The third-order valence-corrected chi connectivity index (χ3v) is 3.62. The van der Waals surface area contributed by atoms with Crippen molar-refractivity contribution in [1.82, 2.24) is 4.98 Å². The molecule has 0 saturated carbocycles. The van der Waals surface area contributed by atoms with Gasteiger partial charge in [-0.25, -0.2) is 4.98 Å². The summed E-state index contributed by atoms with van der Waals surface area (Å²) in [6.07, 6.45) is 0. The molecule has 0 unspecified atom stereocenters. The summed E-state index contributed by atoms with van der Waals surface area (Å²) in [5, 5.41) is 8.11. The summed E-state index contributed by atoms with van der Waals surface area (Å²) in [4.78, 5) is 15.4. The number of carbonyl (C=O) groups excluding carboxylic acids is 1. The molecule has 0 bridgehead atoms. The van der Waals surface area contributed by atoms with Gasteiger partial charge in [-0.3, -0.25) is 4.79 Å². The van der Waals surface area contributed by atoms with E-state index in [4.69, 9.17) is 0 Å². The molecule has 4 heteroatoms. The molecule has 0 spiro atoms. The van der Waals surface area contributed by atoms with Crippen molar-refractivity contribution < 1.29 is 4.79 Å². The number of nitrogens with zero attached hydrogens (tertiary/aromatic N) is 1. The lowest BCUT2D eigenvalue weighted by molar-refractivity contribution is 0.101. The van der Waals surface area contributed by atoms with Crippen LogP contribution in [0, 0.1) is 0 Å². The van der Waals surface area contributed by atoms with Crippen molar-refractivity contribution in [3.8, 4) is 0 Å². The fourth-order valence-corrected chi connectivity index (χ4v) is 2.65. The molecule has 0 saturated heterocycles. The monoisotopic (exact) mass is 268 g/mol. The smallest absolute Gasteiger partial charge is 0.187 e.